The Hall–Kier alpha value is -0.500. The van der Waals surface area contributed by atoms with Gasteiger partial charge in [0.05, 0.1) is 0 Å². The van der Waals surface area contributed by atoms with E-state index in [1.54, 1.807) is 5.37 Å². The molecular formula is C14H20OS. The smallest absolute Gasteiger partial charge is 0.158 e. The van der Waals surface area contributed by atoms with Gasteiger partial charge in [-0.3, -0.25) is 4.79 Å². The van der Waals surface area contributed by atoms with Crippen molar-refractivity contribution in [1.82, 2.24) is 0 Å². The number of allylic oxidation sites excluding steroid dienone is 2. The third-order valence-corrected chi connectivity index (χ3v) is 4.38. The fourth-order valence-electron chi connectivity index (χ4n) is 3.23. The summed E-state index contributed by atoms with van der Waals surface area (Å²) in [4.78, 5) is 12.0. The molecule has 2 aliphatic carbocycles. The Balaban J connectivity index is 1.97. The molecule has 0 saturated heterocycles. The second kappa shape index (κ2) is 5.22. The van der Waals surface area contributed by atoms with Crippen molar-refractivity contribution in [1.29, 1.82) is 0 Å². The fraction of sp³-hybridized carbons (Fsp3) is 0.714. The molecule has 1 spiro atoms. The van der Waals surface area contributed by atoms with Gasteiger partial charge in [-0.15, -0.1) is 0 Å². The molecule has 0 unspecified atom stereocenters. The van der Waals surface area contributed by atoms with Gasteiger partial charge < -0.3 is 0 Å². The maximum absolute atomic E-state index is 12.0. The first-order valence-corrected chi connectivity index (χ1v) is 6.89. The van der Waals surface area contributed by atoms with Gasteiger partial charge in [-0.05, 0) is 54.9 Å². The van der Waals surface area contributed by atoms with Crippen LogP contribution in [0.3, 0.4) is 0 Å². The Morgan fingerprint density at radius 3 is 2.81 bits per heavy atom. The van der Waals surface area contributed by atoms with E-state index in [1.165, 1.54) is 32.1 Å². The molecule has 0 atom stereocenters. The maximum atomic E-state index is 12.0. The Morgan fingerprint density at radius 1 is 1.38 bits per heavy atom. The summed E-state index contributed by atoms with van der Waals surface area (Å²) in [6, 6.07) is 0. The number of hydrogen-bond acceptors (Lipinski definition) is 2. The number of rotatable bonds is 4. The minimum atomic E-state index is 0.340. The Morgan fingerprint density at radius 2 is 2.12 bits per heavy atom. The van der Waals surface area contributed by atoms with Gasteiger partial charge in [-0.1, -0.05) is 31.1 Å². The lowest BCUT2D eigenvalue weighted by molar-refractivity contribution is -0.116. The SMILES string of the molecule is O=C(CCC=S)C1=CCCC2(CCCC2)C1. The van der Waals surface area contributed by atoms with E-state index in [0.29, 0.717) is 17.6 Å². The number of ketones is 1. The van der Waals surface area contributed by atoms with Crippen molar-refractivity contribution in [2.75, 3.05) is 0 Å². The Labute approximate surface area is 103 Å². The van der Waals surface area contributed by atoms with Crippen LogP contribution in [0.2, 0.25) is 0 Å². The van der Waals surface area contributed by atoms with Crippen LogP contribution in [-0.2, 0) is 4.79 Å². The summed E-state index contributed by atoms with van der Waals surface area (Å²) in [7, 11) is 0. The summed E-state index contributed by atoms with van der Waals surface area (Å²) < 4.78 is 0. The fourth-order valence-corrected chi connectivity index (χ4v) is 3.35. The van der Waals surface area contributed by atoms with Crippen LogP contribution in [0, 0.1) is 5.41 Å². The minimum Gasteiger partial charge on any atom is -0.295 e. The molecule has 0 aromatic rings. The summed E-state index contributed by atoms with van der Waals surface area (Å²) in [5.74, 6) is 0.340. The lowest BCUT2D eigenvalue weighted by Gasteiger charge is -2.33. The first kappa shape index (κ1) is 12.0. The monoisotopic (exact) mass is 236 g/mol. The summed E-state index contributed by atoms with van der Waals surface area (Å²) in [6.45, 7) is 0. The van der Waals surface area contributed by atoms with Crippen LogP contribution in [0.25, 0.3) is 0 Å². The molecule has 2 rings (SSSR count). The second-order valence-electron chi connectivity index (χ2n) is 5.28. The maximum Gasteiger partial charge on any atom is 0.158 e. The molecule has 0 radical (unpaired) electrons. The van der Waals surface area contributed by atoms with Gasteiger partial charge >= 0.3 is 0 Å². The van der Waals surface area contributed by atoms with E-state index in [0.717, 1.165) is 24.8 Å². The van der Waals surface area contributed by atoms with Crippen LogP contribution in [0.4, 0.5) is 0 Å². The van der Waals surface area contributed by atoms with Gasteiger partial charge in [-0.25, -0.2) is 0 Å². The highest BCUT2D eigenvalue weighted by atomic mass is 32.1. The number of carbonyl (C=O) groups excluding carboxylic acids is 1. The van der Waals surface area contributed by atoms with E-state index in [2.05, 4.69) is 6.08 Å². The molecule has 1 nitrogen and oxygen atoms in total. The highest BCUT2D eigenvalue weighted by molar-refractivity contribution is 7.78. The van der Waals surface area contributed by atoms with Crippen LogP contribution in [0.5, 0.6) is 0 Å². The zero-order chi connectivity index (χ0) is 11.4. The molecule has 2 aliphatic rings. The third kappa shape index (κ3) is 2.60. The zero-order valence-corrected chi connectivity index (χ0v) is 10.7. The first-order chi connectivity index (χ1) is 7.76. The van der Waals surface area contributed by atoms with Crippen molar-refractivity contribution < 1.29 is 4.79 Å². The largest absolute Gasteiger partial charge is 0.295 e. The summed E-state index contributed by atoms with van der Waals surface area (Å²) in [5.41, 5.74) is 1.60. The van der Waals surface area contributed by atoms with Crippen LogP contribution in [0.1, 0.15) is 57.8 Å². The topological polar surface area (TPSA) is 17.1 Å². The average molecular weight is 236 g/mol. The molecule has 16 heavy (non-hydrogen) atoms. The van der Waals surface area contributed by atoms with Crippen LogP contribution in [-0.4, -0.2) is 11.2 Å². The van der Waals surface area contributed by atoms with Crippen LogP contribution in [0.15, 0.2) is 11.6 Å². The molecule has 0 aromatic heterocycles. The summed E-state index contributed by atoms with van der Waals surface area (Å²) in [6.07, 6.45) is 12.4. The number of Topliss-reactive ketones (excluding diaryl/α,β-unsaturated/α-hetero) is 1. The van der Waals surface area contributed by atoms with E-state index >= 15 is 0 Å². The van der Waals surface area contributed by atoms with Gasteiger partial charge in [0.1, 0.15) is 0 Å². The van der Waals surface area contributed by atoms with Crippen molar-refractivity contribution in [3.05, 3.63) is 11.6 Å². The molecule has 1 saturated carbocycles. The van der Waals surface area contributed by atoms with Gasteiger partial charge in [0.25, 0.3) is 0 Å². The quantitative estimate of drug-likeness (QED) is 0.686. The molecule has 88 valence electrons. The second-order valence-corrected chi connectivity index (χ2v) is 5.61. The van der Waals surface area contributed by atoms with Gasteiger partial charge in [0.2, 0.25) is 0 Å². The lowest BCUT2D eigenvalue weighted by Crippen LogP contribution is -2.23. The van der Waals surface area contributed by atoms with Crippen molar-refractivity contribution in [3.8, 4) is 0 Å². The highest BCUT2D eigenvalue weighted by Crippen LogP contribution is 2.49. The first-order valence-electron chi connectivity index (χ1n) is 6.42. The Kier molecular flexibility index (Phi) is 3.91. The average Bonchev–Trinajstić information content (AvgIpc) is 2.74. The molecule has 0 amide bonds. The molecule has 1 fully saturated rings. The van der Waals surface area contributed by atoms with Crippen LogP contribution < -0.4 is 0 Å². The minimum absolute atomic E-state index is 0.340. The number of carbonyl (C=O) groups is 1. The number of thiocarbonyl (C=S) groups is 1. The van der Waals surface area contributed by atoms with Crippen LogP contribution >= 0.6 is 12.2 Å². The van der Waals surface area contributed by atoms with Gasteiger partial charge in [-0.2, -0.15) is 0 Å². The standard InChI is InChI=1S/C14H20OS/c15-13(6-4-10-16)12-5-3-9-14(11-12)7-1-2-8-14/h5,10H,1-4,6-9,11H2. The predicted octanol–water partition coefficient (Wildman–Crippen LogP) is 4.01. The van der Waals surface area contributed by atoms with Gasteiger partial charge in [0, 0.05) is 6.42 Å². The lowest BCUT2D eigenvalue weighted by atomic mass is 9.72. The van der Waals surface area contributed by atoms with Gasteiger partial charge in [0.15, 0.2) is 5.78 Å². The predicted molar refractivity (Wildman–Crippen MR) is 70.7 cm³/mol. The zero-order valence-electron chi connectivity index (χ0n) is 9.84. The Bertz CT molecular complexity index is 311. The molecule has 0 N–H and O–H groups in total. The highest BCUT2D eigenvalue weighted by Gasteiger charge is 2.36. The van der Waals surface area contributed by atoms with E-state index in [9.17, 15) is 4.79 Å². The molecule has 0 aromatic carbocycles. The normalized spacial score (nSPS) is 23.1. The third-order valence-electron chi connectivity index (χ3n) is 4.14. The van der Waals surface area contributed by atoms with Crippen molar-refractivity contribution in [3.63, 3.8) is 0 Å². The summed E-state index contributed by atoms with van der Waals surface area (Å²) >= 11 is 4.78. The molecule has 2 heteroatoms. The van der Waals surface area contributed by atoms with Crippen molar-refractivity contribution in [2.24, 2.45) is 5.41 Å². The molecule has 0 aliphatic heterocycles. The number of hydrogen-bond donors (Lipinski definition) is 0. The molecular weight excluding hydrogens is 216 g/mol. The van der Waals surface area contributed by atoms with Crippen molar-refractivity contribution in [2.45, 2.75) is 57.8 Å². The van der Waals surface area contributed by atoms with E-state index < -0.39 is 0 Å². The summed E-state index contributed by atoms with van der Waals surface area (Å²) in [5, 5.41) is 1.67. The molecule has 0 bridgehead atoms. The molecule has 0 heterocycles. The van der Waals surface area contributed by atoms with E-state index in [4.69, 9.17) is 12.2 Å². The van der Waals surface area contributed by atoms with E-state index in [1.807, 2.05) is 0 Å². The van der Waals surface area contributed by atoms with E-state index in [-0.39, 0.29) is 0 Å². The van der Waals surface area contributed by atoms with Crippen molar-refractivity contribution >= 4 is 23.4 Å².